The van der Waals surface area contributed by atoms with Crippen molar-refractivity contribution in [2.45, 2.75) is 19.4 Å². The van der Waals surface area contributed by atoms with E-state index in [0.717, 1.165) is 5.92 Å². The van der Waals surface area contributed by atoms with E-state index in [1.165, 1.54) is 13.0 Å². The maximum Gasteiger partial charge on any atom is 0.134 e. The van der Waals surface area contributed by atoms with E-state index in [1.54, 1.807) is 6.92 Å². The first-order valence-corrected chi connectivity index (χ1v) is 3.92. The molecule has 1 saturated heterocycles. The predicted octanol–water partition coefficient (Wildman–Crippen LogP) is 0.526. The summed E-state index contributed by atoms with van der Waals surface area (Å²) in [7, 11) is 2.12. The molecule has 2 rings (SSSR count). The molecule has 0 spiro atoms. The van der Waals surface area contributed by atoms with Gasteiger partial charge in [0.15, 0.2) is 0 Å². The fraction of sp³-hybridized carbons (Fsp3) is 0.875. The van der Waals surface area contributed by atoms with Crippen LogP contribution in [-0.4, -0.2) is 30.3 Å². The van der Waals surface area contributed by atoms with Crippen molar-refractivity contribution in [3.63, 3.8) is 0 Å². The van der Waals surface area contributed by atoms with Gasteiger partial charge in [0.05, 0.1) is 0 Å². The van der Waals surface area contributed by atoms with Gasteiger partial charge in [0.1, 0.15) is 5.78 Å². The van der Waals surface area contributed by atoms with E-state index in [2.05, 4.69) is 11.9 Å². The van der Waals surface area contributed by atoms with Gasteiger partial charge < -0.3 is 4.90 Å². The Balaban J connectivity index is 2.05. The monoisotopic (exact) mass is 139 g/mol. The van der Waals surface area contributed by atoms with Crippen LogP contribution in [0.4, 0.5) is 0 Å². The molecule has 1 heterocycles. The summed E-state index contributed by atoms with van der Waals surface area (Å²) in [5.74, 6) is 1.52. The Kier molecular flexibility index (Phi) is 1.15. The highest BCUT2D eigenvalue weighted by Crippen LogP contribution is 2.50. The van der Waals surface area contributed by atoms with Gasteiger partial charge in [0.2, 0.25) is 0 Å². The lowest BCUT2D eigenvalue weighted by atomic mass is 10.2. The number of carbonyl (C=O) groups is 1. The summed E-state index contributed by atoms with van der Waals surface area (Å²) in [4.78, 5) is 13.3. The molecule has 0 aromatic heterocycles. The highest BCUT2D eigenvalue weighted by molar-refractivity contribution is 5.83. The van der Waals surface area contributed by atoms with Crippen molar-refractivity contribution in [2.24, 2.45) is 11.8 Å². The van der Waals surface area contributed by atoms with Crippen LogP contribution in [0.1, 0.15) is 13.3 Å². The van der Waals surface area contributed by atoms with Gasteiger partial charge in [-0.05, 0) is 32.9 Å². The number of hydrogen-bond acceptors (Lipinski definition) is 2. The van der Waals surface area contributed by atoms with Crippen LogP contribution in [0, 0.1) is 11.8 Å². The second kappa shape index (κ2) is 1.82. The van der Waals surface area contributed by atoms with Crippen molar-refractivity contribution >= 4 is 5.78 Å². The van der Waals surface area contributed by atoms with E-state index in [-0.39, 0.29) is 0 Å². The van der Waals surface area contributed by atoms with Gasteiger partial charge in [0.25, 0.3) is 0 Å². The average Bonchev–Trinajstić information content (AvgIpc) is 2.48. The highest BCUT2D eigenvalue weighted by Gasteiger charge is 2.58. The van der Waals surface area contributed by atoms with Crippen LogP contribution in [-0.2, 0) is 4.79 Å². The molecule has 1 aliphatic heterocycles. The van der Waals surface area contributed by atoms with Crippen LogP contribution in [0.5, 0.6) is 0 Å². The zero-order valence-electron chi connectivity index (χ0n) is 6.50. The smallest absolute Gasteiger partial charge is 0.134 e. The fourth-order valence-electron chi connectivity index (χ4n) is 2.35. The number of hydrogen-bond donors (Lipinski definition) is 0. The zero-order chi connectivity index (χ0) is 7.30. The van der Waals surface area contributed by atoms with Crippen molar-refractivity contribution in [1.82, 2.24) is 4.90 Å². The Morgan fingerprint density at radius 3 is 2.60 bits per heavy atom. The number of likely N-dealkylation sites (tertiary alicyclic amines) is 1. The quantitative estimate of drug-likeness (QED) is 0.528. The lowest BCUT2D eigenvalue weighted by Gasteiger charge is -2.10. The molecule has 0 aromatic rings. The molecule has 1 saturated carbocycles. The summed E-state index contributed by atoms with van der Waals surface area (Å²) in [5, 5.41) is 0. The second-order valence-corrected chi connectivity index (χ2v) is 3.56. The number of carbonyl (C=O) groups excluding carboxylic acids is 1. The summed E-state index contributed by atoms with van der Waals surface area (Å²) in [6.45, 7) is 2.91. The Morgan fingerprint density at radius 2 is 2.30 bits per heavy atom. The van der Waals surface area contributed by atoms with Crippen molar-refractivity contribution < 1.29 is 4.79 Å². The molecule has 2 heteroatoms. The molecule has 2 aliphatic rings. The normalized spacial score (nSPS) is 45.2. The first-order valence-electron chi connectivity index (χ1n) is 3.92. The minimum atomic E-state index is 0.390. The zero-order valence-corrected chi connectivity index (χ0v) is 6.50. The average molecular weight is 139 g/mol. The minimum Gasteiger partial charge on any atom is -0.302 e. The molecule has 1 unspecified atom stereocenters. The Labute approximate surface area is 61.2 Å². The molecule has 0 bridgehead atoms. The molecule has 3 atom stereocenters. The number of fused-ring (bicyclic) bond motifs is 1. The third-order valence-electron chi connectivity index (χ3n) is 2.92. The van der Waals surface area contributed by atoms with Crippen LogP contribution in [0.25, 0.3) is 0 Å². The predicted molar refractivity (Wildman–Crippen MR) is 38.7 cm³/mol. The van der Waals surface area contributed by atoms with Crippen molar-refractivity contribution in [3.8, 4) is 0 Å². The highest BCUT2D eigenvalue weighted by atomic mass is 16.1. The van der Waals surface area contributed by atoms with E-state index in [0.29, 0.717) is 17.7 Å². The van der Waals surface area contributed by atoms with Crippen LogP contribution >= 0.6 is 0 Å². The van der Waals surface area contributed by atoms with Crippen molar-refractivity contribution in [3.05, 3.63) is 0 Å². The molecule has 2 nitrogen and oxygen atoms in total. The Hall–Kier alpha value is -0.370. The molecule has 0 N–H and O–H groups in total. The third-order valence-corrected chi connectivity index (χ3v) is 2.92. The number of Topliss-reactive ketones (excluding diaryl/α,β-unsaturated/α-hetero) is 1. The molecule has 1 aliphatic carbocycles. The first-order chi connectivity index (χ1) is 4.72. The third kappa shape index (κ3) is 0.655. The van der Waals surface area contributed by atoms with Crippen LogP contribution in [0.3, 0.4) is 0 Å². The van der Waals surface area contributed by atoms with E-state index >= 15 is 0 Å². The summed E-state index contributed by atoms with van der Waals surface area (Å²) in [5.41, 5.74) is 0. The van der Waals surface area contributed by atoms with E-state index in [1.807, 2.05) is 0 Å². The van der Waals surface area contributed by atoms with Crippen LogP contribution in [0.2, 0.25) is 0 Å². The number of ketones is 1. The van der Waals surface area contributed by atoms with Gasteiger partial charge >= 0.3 is 0 Å². The number of piperidine rings is 1. The van der Waals surface area contributed by atoms with Crippen LogP contribution in [0.15, 0.2) is 0 Å². The molecule has 2 fully saturated rings. The largest absolute Gasteiger partial charge is 0.302 e. The van der Waals surface area contributed by atoms with Crippen molar-refractivity contribution in [1.29, 1.82) is 0 Å². The Bertz CT molecular complexity index is 178. The first kappa shape index (κ1) is 6.35. The Morgan fingerprint density at radius 1 is 1.60 bits per heavy atom. The summed E-state index contributed by atoms with van der Waals surface area (Å²) < 4.78 is 0. The van der Waals surface area contributed by atoms with Gasteiger partial charge in [-0.1, -0.05) is 0 Å². The number of rotatable bonds is 1. The van der Waals surface area contributed by atoms with E-state index in [4.69, 9.17) is 0 Å². The molecule has 0 amide bonds. The topological polar surface area (TPSA) is 20.3 Å². The van der Waals surface area contributed by atoms with E-state index in [9.17, 15) is 4.79 Å². The standard InChI is InChI=1S/C8H13NO/c1-5(10)7-6-3-4-9(2)8(6)7/h6-8H,3-4H2,1-2H3/t6-,7?,8-/m1/s1. The summed E-state index contributed by atoms with van der Waals surface area (Å²) in [6.07, 6.45) is 1.24. The summed E-state index contributed by atoms with van der Waals surface area (Å²) in [6, 6.07) is 0.623. The molecular formula is C8H13NO. The van der Waals surface area contributed by atoms with Gasteiger partial charge in [-0.25, -0.2) is 0 Å². The lowest BCUT2D eigenvalue weighted by molar-refractivity contribution is -0.119. The maximum absolute atomic E-state index is 10.9. The van der Waals surface area contributed by atoms with Gasteiger partial charge in [-0.15, -0.1) is 0 Å². The van der Waals surface area contributed by atoms with Gasteiger partial charge in [-0.2, -0.15) is 0 Å². The van der Waals surface area contributed by atoms with Gasteiger partial charge in [-0.3, -0.25) is 4.79 Å². The molecule has 56 valence electrons. The second-order valence-electron chi connectivity index (χ2n) is 3.56. The maximum atomic E-state index is 10.9. The van der Waals surface area contributed by atoms with Crippen LogP contribution < -0.4 is 0 Å². The molecular weight excluding hydrogens is 126 g/mol. The fourth-order valence-corrected chi connectivity index (χ4v) is 2.35. The lowest BCUT2D eigenvalue weighted by Crippen LogP contribution is -2.21. The summed E-state index contributed by atoms with van der Waals surface area (Å²) >= 11 is 0. The van der Waals surface area contributed by atoms with Gasteiger partial charge in [0, 0.05) is 12.0 Å². The SMILES string of the molecule is CC(=O)C1[C@H]2CCN(C)[C@@H]12. The molecule has 0 aromatic carbocycles. The molecule has 10 heavy (non-hydrogen) atoms. The molecule has 0 radical (unpaired) electrons. The van der Waals surface area contributed by atoms with E-state index < -0.39 is 0 Å². The van der Waals surface area contributed by atoms with Crippen molar-refractivity contribution in [2.75, 3.05) is 13.6 Å². The number of nitrogens with zero attached hydrogens (tertiary/aromatic N) is 1. The minimum absolute atomic E-state index is 0.390.